The molecule has 0 aromatic heterocycles. The van der Waals surface area contributed by atoms with Crippen LogP contribution in [-0.2, 0) is 0 Å². The summed E-state index contributed by atoms with van der Waals surface area (Å²) in [7, 11) is 0. The van der Waals surface area contributed by atoms with Gasteiger partial charge in [0.05, 0.1) is 0 Å². The van der Waals surface area contributed by atoms with Crippen LogP contribution in [0, 0.1) is 6.92 Å². The molecule has 0 bridgehead atoms. The van der Waals surface area contributed by atoms with Crippen molar-refractivity contribution in [3.05, 3.63) is 29.3 Å². The highest BCUT2D eigenvalue weighted by atomic mass is 16.3. The summed E-state index contributed by atoms with van der Waals surface area (Å²) in [6.07, 6.45) is 0. The average molecular weight is 234 g/mol. The number of hydrogen-bond donors (Lipinski definition) is 2. The number of aromatic hydroxyl groups is 1. The van der Waals surface area contributed by atoms with E-state index in [-0.39, 0.29) is 6.04 Å². The Morgan fingerprint density at radius 3 is 2.94 bits per heavy atom. The molecule has 2 N–H and O–H groups in total. The molecule has 0 spiro atoms. The monoisotopic (exact) mass is 234 g/mol. The summed E-state index contributed by atoms with van der Waals surface area (Å²) in [4.78, 5) is 2.43. The van der Waals surface area contributed by atoms with Gasteiger partial charge >= 0.3 is 0 Å². The zero-order chi connectivity index (χ0) is 12.4. The summed E-state index contributed by atoms with van der Waals surface area (Å²) in [5.41, 5.74) is 2.24. The molecule has 17 heavy (non-hydrogen) atoms. The maximum Gasteiger partial charge on any atom is 0.120 e. The lowest BCUT2D eigenvalue weighted by molar-refractivity contribution is 0.156. The van der Waals surface area contributed by atoms with Gasteiger partial charge in [-0.05, 0) is 26.8 Å². The molecule has 94 valence electrons. The van der Waals surface area contributed by atoms with Crippen molar-refractivity contribution in [2.24, 2.45) is 0 Å². The van der Waals surface area contributed by atoms with Crippen LogP contribution in [0.4, 0.5) is 0 Å². The fourth-order valence-electron chi connectivity index (χ4n) is 2.52. The zero-order valence-corrected chi connectivity index (χ0v) is 10.9. The first-order valence-electron chi connectivity index (χ1n) is 6.35. The fraction of sp³-hybridized carbons (Fsp3) is 0.571. The Labute approximate surface area is 103 Å². The average Bonchev–Trinajstić information content (AvgIpc) is 2.31. The summed E-state index contributed by atoms with van der Waals surface area (Å²) in [5, 5.41) is 13.4. The van der Waals surface area contributed by atoms with Gasteiger partial charge in [-0.1, -0.05) is 17.7 Å². The lowest BCUT2D eigenvalue weighted by atomic mass is 10.0. The minimum absolute atomic E-state index is 0.277. The number of phenolic OH excluding ortho intramolecular Hbond substituents is 1. The van der Waals surface area contributed by atoms with Crippen LogP contribution in [0.25, 0.3) is 0 Å². The molecule has 0 radical (unpaired) electrons. The third kappa shape index (κ3) is 2.79. The molecular formula is C14H22N2O. The molecule has 1 aromatic carbocycles. The molecule has 1 aromatic rings. The predicted molar refractivity (Wildman–Crippen MR) is 70.3 cm³/mol. The molecule has 2 unspecified atom stereocenters. The molecule has 1 saturated heterocycles. The molecule has 1 heterocycles. The first kappa shape index (κ1) is 12.4. The summed E-state index contributed by atoms with van der Waals surface area (Å²) < 4.78 is 0. The third-order valence-corrected chi connectivity index (χ3v) is 3.58. The van der Waals surface area contributed by atoms with E-state index in [1.807, 2.05) is 6.07 Å². The van der Waals surface area contributed by atoms with E-state index >= 15 is 0 Å². The van der Waals surface area contributed by atoms with E-state index in [0.29, 0.717) is 11.8 Å². The second-order valence-corrected chi connectivity index (χ2v) is 5.09. The van der Waals surface area contributed by atoms with Crippen LogP contribution in [0.3, 0.4) is 0 Å². The van der Waals surface area contributed by atoms with Gasteiger partial charge in [-0.3, -0.25) is 4.90 Å². The van der Waals surface area contributed by atoms with Gasteiger partial charge in [0.1, 0.15) is 5.75 Å². The Hall–Kier alpha value is -1.06. The first-order chi connectivity index (χ1) is 8.08. The van der Waals surface area contributed by atoms with Gasteiger partial charge < -0.3 is 10.4 Å². The van der Waals surface area contributed by atoms with Crippen LogP contribution in [0.1, 0.15) is 31.0 Å². The van der Waals surface area contributed by atoms with Crippen molar-refractivity contribution in [2.45, 2.75) is 32.9 Å². The highest BCUT2D eigenvalue weighted by molar-refractivity contribution is 5.37. The molecular weight excluding hydrogens is 212 g/mol. The summed E-state index contributed by atoms with van der Waals surface area (Å²) in [5.74, 6) is 0.411. The minimum Gasteiger partial charge on any atom is -0.508 e. The van der Waals surface area contributed by atoms with Crippen molar-refractivity contribution in [3.63, 3.8) is 0 Å². The largest absolute Gasteiger partial charge is 0.508 e. The van der Waals surface area contributed by atoms with Crippen molar-refractivity contribution in [1.82, 2.24) is 10.2 Å². The topological polar surface area (TPSA) is 35.5 Å². The molecule has 2 rings (SSSR count). The van der Waals surface area contributed by atoms with Gasteiger partial charge in [0.2, 0.25) is 0 Å². The molecule has 3 nitrogen and oxygen atoms in total. The Balaban J connectivity index is 2.18. The van der Waals surface area contributed by atoms with E-state index < -0.39 is 0 Å². The zero-order valence-electron chi connectivity index (χ0n) is 10.9. The Morgan fingerprint density at radius 1 is 1.47 bits per heavy atom. The van der Waals surface area contributed by atoms with Crippen molar-refractivity contribution < 1.29 is 5.11 Å². The smallest absolute Gasteiger partial charge is 0.120 e. The highest BCUT2D eigenvalue weighted by Crippen LogP contribution is 2.29. The number of hydrogen-bond acceptors (Lipinski definition) is 3. The first-order valence-corrected chi connectivity index (χ1v) is 6.35. The molecule has 1 aliphatic rings. The van der Waals surface area contributed by atoms with Crippen molar-refractivity contribution in [3.8, 4) is 5.75 Å². The van der Waals surface area contributed by atoms with Crippen LogP contribution in [0.2, 0.25) is 0 Å². The van der Waals surface area contributed by atoms with E-state index in [0.717, 1.165) is 25.2 Å². The number of rotatable bonds is 2. The summed E-state index contributed by atoms with van der Waals surface area (Å²) in [6.45, 7) is 9.54. The molecule has 1 fully saturated rings. The van der Waals surface area contributed by atoms with Crippen molar-refractivity contribution in [1.29, 1.82) is 0 Å². The minimum atomic E-state index is 0.277. The molecule has 0 amide bonds. The van der Waals surface area contributed by atoms with Gasteiger partial charge in [0.25, 0.3) is 0 Å². The van der Waals surface area contributed by atoms with Gasteiger partial charge in [0, 0.05) is 37.3 Å². The Kier molecular flexibility index (Phi) is 3.69. The van der Waals surface area contributed by atoms with Gasteiger partial charge in [-0.2, -0.15) is 0 Å². The fourth-order valence-corrected chi connectivity index (χ4v) is 2.52. The van der Waals surface area contributed by atoms with Crippen LogP contribution in [-0.4, -0.2) is 35.7 Å². The summed E-state index contributed by atoms with van der Waals surface area (Å²) >= 11 is 0. The highest BCUT2D eigenvalue weighted by Gasteiger charge is 2.23. The normalized spacial score (nSPS) is 23.6. The summed E-state index contributed by atoms with van der Waals surface area (Å²) in [6, 6.07) is 6.64. The second kappa shape index (κ2) is 5.07. The van der Waals surface area contributed by atoms with Crippen molar-refractivity contribution >= 4 is 0 Å². The second-order valence-electron chi connectivity index (χ2n) is 5.09. The van der Waals surface area contributed by atoms with Crippen LogP contribution >= 0.6 is 0 Å². The SMILES string of the molecule is Cc1ccc(O)c(C(C)N2CCNC(C)C2)c1. The quantitative estimate of drug-likeness (QED) is 0.822. The lowest BCUT2D eigenvalue weighted by Gasteiger charge is -2.36. The molecule has 0 aliphatic carbocycles. The maximum absolute atomic E-state index is 9.96. The number of nitrogens with zero attached hydrogens (tertiary/aromatic N) is 1. The van der Waals surface area contributed by atoms with Gasteiger partial charge in [-0.15, -0.1) is 0 Å². The molecule has 1 aliphatic heterocycles. The predicted octanol–water partition coefficient (Wildman–Crippen LogP) is 2.06. The number of nitrogens with one attached hydrogen (secondary N) is 1. The Morgan fingerprint density at radius 2 is 2.24 bits per heavy atom. The van der Waals surface area contributed by atoms with E-state index in [2.05, 4.69) is 37.1 Å². The van der Waals surface area contributed by atoms with E-state index in [1.165, 1.54) is 5.56 Å². The van der Waals surface area contributed by atoms with Crippen molar-refractivity contribution in [2.75, 3.05) is 19.6 Å². The standard InChI is InChI=1S/C14H22N2O/c1-10-4-5-14(17)13(8-10)12(3)16-7-6-15-11(2)9-16/h4-5,8,11-12,15,17H,6-7,9H2,1-3H3. The van der Waals surface area contributed by atoms with E-state index in [9.17, 15) is 5.11 Å². The number of aryl methyl sites for hydroxylation is 1. The molecule has 0 saturated carbocycles. The van der Waals surface area contributed by atoms with E-state index in [1.54, 1.807) is 6.07 Å². The van der Waals surface area contributed by atoms with Crippen LogP contribution < -0.4 is 5.32 Å². The maximum atomic E-state index is 9.96. The van der Waals surface area contributed by atoms with Gasteiger partial charge in [-0.25, -0.2) is 0 Å². The van der Waals surface area contributed by atoms with Crippen LogP contribution in [0.5, 0.6) is 5.75 Å². The lowest BCUT2D eigenvalue weighted by Crippen LogP contribution is -2.49. The van der Waals surface area contributed by atoms with Gasteiger partial charge in [0.15, 0.2) is 0 Å². The number of benzene rings is 1. The third-order valence-electron chi connectivity index (χ3n) is 3.58. The number of phenols is 1. The Bertz CT molecular complexity index is 392. The molecule has 3 heteroatoms. The number of piperazine rings is 1. The molecule has 2 atom stereocenters. The van der Waals surface area contributed by atoms with Crippen LogP contribution in [0.15, 0.2) is 18.2 Å². The van der Waals surface area contributed by atoms with E-state index in [4.69, 9.17) is 0 Å².